The van der Waals surface area contributed by atoms with Crippen LogP contribution in [0.5, 0.6) is 0 Å². The van der Waals surface area contributed by atoms with Crippen LogP contribution in [0.4, 0.5) is 10.1 Å². The minimum absolute atomic E-state index is 0.117. The predicted octanol–water partition coefficient (Wildman–Crippen LogP) is 3.37. The zero-order valence-electron chi connectivity index (χ0n) is 12.5. The third-order valence-corrected chi connectivity index (χ3v) is 4.74. The lowest BCUT2D eigenvalue weighted by atomic mass is 9.78. The highest BCUT2D eigenvalue weighted by Gasteiger charge is 2.30. The van der Waals surface area contributed by atoms with E-state index in [1.54, 1.807) is 17.9 Å². The molecule has 0 radical (unpaired) electrons. The fourth-order valence-corrected chi connectivity index (χ4v) is 2.61. The summed E-state index contributed by atoms with van der Waals surface area (Å²) in [5.74, 6) is -0.530. The summed E-state index contributed by atoms with van der Waals surface area (Å²) in [6, 6.07) is 2.87. The number of likely N-dealkylation sites (tertiary alicyclic amines) is 1. The number of nitrogens with two attached hydrogens (primary N) is 1. The molecule has 0 atom stereocenters. The smallest absolute Gasteiger partial charge is 0.254 e. The Bertz CT molecular complexity index is 496. The SMILES string of the molecule is CCC1(C)CCN(C(=O)c2cc(N)c(C)c(F)c2)CC1. The van der Waals surface area contributed by atoms with Gasteiger partial charge in [-0.15, -0.1) is 0 Å². The van der Waals surface area contributed by atoms with Crippen LogP contribution < -0.4 is 5.73 Å². The van der Waals surface area contributed by atoms with E-state index in [1.165, 1.54) is 6.07 Å². The summed E-state index contributed by atoms with van der Waals surface area (Å²) < 4.78 is 13.7. The second-order valence-corrected chi connectivity index (χ2v) is 6.13. The van der Waals surface area contributed by atoms with E-state index < -0.39 is 5.82 Å². The zero-order valence-corrected chi connectivity index (χ0v) is 12.5. The van der Waals surface area contributed by atoms with Gasteiger partial charge < -0.3 is 10.6 Å². The van der Waals surface area contributed by atoms with Crippen molar-refractivity contribution in [2.45, 2.75) is 40.0 Å². The number of nitrogens with zero attached hydrogens (tertiary/aromatic N) is 1. The van der Waals surface area contributed by atoms with Crippen molar-refractivity contribution in [1.29, 1.82) is 0 Å². The molecule has 1 saturated heterocycles. The third-order valence-electron chi connectivity index (χ3n) is 4.74. The van der Waals surface area contributed by atoms with E-state index in [9.17, 15) is 9.18 Å². The summed E-state index contributed by atoms with van der Waals surface area (Å²) in [6.45, 7) is 7.54. The van der Waals surface area contributed by atoms with Gasteiger partial charge >= 0.3 is 0 Å². The molecule has 1 fully saturated rings. The Balaban J connectivity index is 2.13. The molecule has 1 aromatic rings. The Hall–Kier alpha value is -1.58. The molecule has 1 aliphatic heterocycles. The third kappa shape index (κ3) is 2.79. The van der Waals surface area contributed by atoms with Crippen molar-refractivity contribution in [3.05, 3.63) is 29.1 Å². The fraction of sp³-hybridized carbons (Fsp3) is 0.562. The number of halogens is 1. The number of hydrogen-bond donors (Lipinski definition) is 1. The van der Waals surface area contributed by atoms with E-state index in [4.69, 9.17) is 5.73 Å². The van der Waals surface area contributed by atoms with Gasteiger partial charge in [-0.2, -0.15) is 0 Å². The molecule has 0 unspecified atom stereocenters. The molecule has 0 aliphatic carbocycles. The van der Waals surface area contributed by atoms with Gasteiger partial charge in [0.05, 0.1) is 0 Å². The molecule has 20 heavy (non-hydrogen) atoms. The highest BCUT2D eigenvalue weighted by atomic mass is 19.1. The second kappa shape index (κ2) is 5.43. The van der Waals surface area contributed by atoms with Crippen molar-refractivity contribution >= 4 is 11.6 Å². The van der Waals surface area contributed by atoms with Crippen LogP contribution in [-0.4, -0.2) is 23.9 Å². The number of piperidine rings is 1. The molecule has 4 heteroatoms. The number of amides is 1. The average Bonchev–Trinajstić information content (AvgIpc) is 2.44. The van der Waals surface area contributed by atoms with E-state index in [1.807, 2.05) is 0 Å². The standard InChI is InChI=1S/C16H23FN2O/c1-4-16(3)5-7-19(8-6-16)15(20)12-9-13(17)11(2)14(18)10-12/h9-10H,4-8,18H2,1-3H3. The van der Waals surface area contributed by atoms with Crippen LogP contribution >= 0.6 is 0 Å². The van der Waals surface area contributed by atoms with Gasteiger partial charge in [-0.05, 0) is 37.3 Å². The normalized spacial score (nSPS) is 18.1. The lowest BCUT2D eigenvalue weighted by Crippen LogP contribution is -2.42. The molecule has 3 nitrogen and oxygen atoms in total. The van der Waals surface area contributed by atoms with Crippen molar-refractivity contribution in [1.82, 2.24) is 4.90 Å². The quantitative estimate of drug-likeness (QED) is 0.843. The summed E-state index contributed by atoms with van der Waals surface area (Å²) in [7, 11) is 0. The Labute approximate surface area is 120 Å². The van der Waals surface area contributed by atoms with Gasteiger partial charge in [0.2, 0.25) is 0 Å². The van der Waals surface area contributed by atoms with Crippen LogP contribution in [0.2, 0.25) is 0 Å². The molecule has 0 bridgehead atoms. The molecular weight excluding hydrogens is 255 g/mol. The largest absolute Gasteiger partial charge is 0.398 e. The lowest BCUT2D eigenvalue weighted by Gasteiger charge is -2.39. The highest BCUT2D eigenvalue weighted by molar-refractivity contribution is 5.95. The first kappa shape index (κ1) is 14.8. The van der Waals surface area contributed by atoms with Gasteiger partial charge in [0.25, 0.3) is 5.91 Å². The average molecular weight is 278 g/mol. The first-order chi connectivity index (χ1) is 9.36. The van der Waals surface area contributed by atoms with Crippen LogP contribution in [-0.2, 0) is 0 Å². The van der Waals surface area contributed by atoms with Gasteiger partial charge in [0, 0.05) is 29.9 Å². The number of benzene rings is 1. The van der Waals surface area contributed by atoms with Crippen molar-refractivity contribution in [2.75, 3.05) is 18.8 Å². The van der Waals surface area contributed by atoms with Gasteiger partial charge in [0.15, 0.2) is 0 Å². The summed E-state index contributed by atoms with van der Waals surface area (Å²) in [5.41, 5.74) is 7.16. The molecule has 2 N–H and O–H groups in total. The molecule has 110 valence electrons. The molecule has 1 aromatic carbocycles. The number of nitrogen functional groups attached to an aromatic ring is 1. The summed E-state index contributed by atoms with van der Waals surface area (Å²) in [4.78, 5) is 14.2. The van der Waals surface area contributed by atoms with E-state index in [-0.39, 0.29) is 5.91 Å². The molecule has 0 saturated carbocycles. The van der Waals surface area contributed by atoms with Crippen molar-refractivity contribution in [3.63, 3.8) is 0 Å². The highest BCUT2D eigenvalue weighted by Crippen LogP contribution is 2.34. The molecule has 0 aromatic heterocycles. The summed E-state index contributed by atoms with van der Waals surface area (Å²) in [5, 5.41) is 0. The van der Waals surface area contributed by atoms with Crippen LogP contribution in [0.25, 0.3) is 0 Å². The number of carbonyl (C=O) groups is 1. The molecule has 1 heterocycles. The van der Waals surface area contributed by atoms with E-state index in [0.717, 1.165) is 32.4 Å². The zero-order chi connectivity index (χ0) is 14.9. The number of anilines is 1. The first-order valence-corrected chi connectivity index (χ1v) is 7.21. The second-order valence-electron chi connectivity index (χ2n) is 6.13. The van der Waals surface area contributed by atoms with E-state index >= 15 is 0 Å². The minimum Gasteiger partial charge on any atom is -0.398 e. The fourth-order valence-electron chi connectivity index (χ4n) is 2.61. The van der Waals surface area contributed by atoms with E-state index in [2.05, 4.69) is 13.8 Å². The van der Waals surface area contributed by atoms with Crippen LogP contribution in [0.15, 0.2) is 12.1 Å². The maximum Gasteiger partial charge on any atom is 0.254 e. The number of hydrogen-bond acceptors (Lipinski definition) is 2. The maximum absolute atomic E-state index is 13.7. The maximum atomic E-state index is 13.7. The molecule has 0 spiro atoms. The Morgan fingerprint density at radius 2 is 2.00 bits per heavy atom. The Morgan fingerprint density at radius 3 is 2.50 bits per heavy atom. The van der Waals surface area contributed by atoms with Gasteiger partial charge in [-0.1, -0.05) is 20.3 Å². The Morgan fingerprint density at radius 1 is 1.40 bits per heavy atom. The summed E-state index contributed by atoms with van der Waals surface area (Å²) >= 11 is 0. The van der Waals surface area contributed by atoms with Crippen LogP contribution in [0, 0.1) is 18.2 Å². The van der Waals surface area contributed by atoms with E-state index in [0.29, 0.717) is 22.2 Å². The van der Waals surface area contributed by atoms with Crippen molar-refractivity contribution < 1.29 is 9.18 Å². The monoisotopic (exact) mass is 278 g/mol. The van der Waals surface area contributed by atoms with Gasteiger partial charge in [-0.3, -0.25) is 4.79 Å². The van der Waals surface area contributed by atoms with Crippen molar-refractivity contribution in [2.24, 2.45) is 5.41 Å². The number of carbonyl (C=O) groups excluding carboxylic acids is 1. The molecule has 2 rings (SSSR count). The molecule has 1 amide bonds. The molecular formula is C16H23FN2O. The first-order valence-electron chi connectivity index (χ1n) is 7.21. The predicted molar refractivity (Wildman–Crippen MR) is 79.1 cm³/mol. The topological polar surface area (TPSA) is 46.3 Å². The number of rotatable bonds is 2. The van der Waals surface area contributed by atoms with Gasteiger partial charge in [-0.25, -0.2) is 4.39 Å². The van der Waals surface area contributed by atoms with Crippen LogP contribution in [0.3, 0.4) is 0 Å². The van der Waals surface area contributed by atoms with Crippen molar-refractivity contribution in [3.8, 4) is 0 Å². The minimum atomic E-state index is -0.413. The van der Waals surface area contributed by atoms with Crippen LogP contribution in [0.1, 0.15) is 49.0 Å². The molecule has 1 aliphatic rings. The van der Waals surface area contributed by atoms with Gasteiger partial charge in [0.1, 0.15) is 5.82 Å². The Kier molecular flexibility index (Phi) is 4.02. The summed E-state index contributed by atoms with van der Waals surface area (Å²) in [6.07, 6.45) is 3.12. The lowest BCUT2D eigenvalue weighted by molar-refractivity contribution is 0.0600.